The number of hydrogen-bond acceptors (Lipinski definition) is 5. The highest BCUT2D eigenvalue weighted by atomic mass is 32.2. The van der Waals surface area contributed by atoms with Gasteiger partial charge in [0.2, 0.25) is 0 Å². The third kappa shape index (κ3) is 3.09. The number of aromatic nitrogens is 2. The van der Waals surface area contributed by atoms with Gasteiger partial charge in [-0.2, -0.15) is 5.10 Å². The Bertz CT molecular complexity index is 439. The van der Waals surface area contributed by atoms with Crippen molar-refractivity contribution in [3.63, 3.8) is 0 Å². The molecule has 1 fully saturated rings. The van der Waals surface area contributed by atoms with E-state index < -0.39 is 0 Å². The highest BCUT2D eigenvalue weighted by Crippen LogP contribution is 2.34. The van der Waals surface area contributed by atoms with Gasteiger partial charge in [-0.05, 0) is 31.7 Å². The Kier molecular flexibility index (Phi) is 5.19. The molecule has 0 aromatic carbocycles. The monoisotopic (exact) mass is 281 g/mol. The molecule has 1 saturated heterocycles. The lowest BCUT2D eigenvalue weighted by atomic mass is 10.0. The van der Waals surface area contributed by atoms with Gasteiger partial charge in [-0.3, -0.25) is 0 Å². The summed E-state index contributed by atoms with van der Waals surface area (Å²) >= 11 is 1.78. The van der Waals surface area contributed by atoms with E-state index in [-0.39, 0.29) is 6.10 Å². The summed E-state index contributed by atoms with van der Waals surface area (Å²) in [4.78, 5) is 0. The van der Waals surface area contributed by atoms with Crippen molar-refractivity contribution in [1.82, 2.24) is 10.2 Å². The summed E-state index contributed by atoms with van der Waals surface area (Å²) in [6.45, 7) is 7.78. The van der Waals surface area contributed by atoms with Crippen molar-refractivity contribution in [2.75, 3.05) is 6.61 Å². The number of nitrogens with zero attached hydrogens (tertiary/aromatic N) is 2. The maximum absolute atomic E-state index is 5.95. The molecular weight excluding hydrogens is 258 g/mol. The van der Waals surface area contributed by atoms with Crippen LogP contribution in [0.4, 0.5) is 0 Å². The zero-order valence-electron chi connectivity index (χ0n) is 12.0. The van der Waals surface area contributed by atoms with Gasteiger partial charge in [0.1, 0.15) is 5.03 Å². The van der Waals surface area contributed by atoms with E-state index in [0.717, 1.165) is 36.6 Å². The Hall–Kier alpha value is -0.650. The summed E-state index contributed by atoms with van der Waals surface area (Å²) < 4.78 is 5.61. The predicted molar refractivity (Wildman–Crippen MR) is 78.4 cm³/mol. The third-order valence-corrected chi connectivity index (χ3v) is 5.17. The molecule has 4 nitrogen and oxygen atoms in total. The van der Waals surface area contributed by atoms with Crippen molar-refractivity contribution < 1.29 is 4.74 Å². The molecule has 1 aromatic rings. The quantitative estimate of drug-likeness (QED) is 0.897. The first kappa shape index (κ1) is 14.8. The van der Waals surface area contributed by atoms with Crippen LogP contribution in [0.25, 0.3) is 0 Å². The summed E-state index contributed by atoms with van der Waals surface area (Å²) in [5.74, 6) is 0. The Morgan fingerprint density at radius 3 is 2.58 bits per heavy atom. The van der Waals surface area contributed by atoms with Gasteiger partial charge in [-0.15, -0.1) is 5.10 Å². The Morgan fingerprint density at radius 2 is 2.05 bits per heavy atom. The second-order valence-electron chi connectivity index (χ2n) is 4.84. The molecule has 2 atom stereocenters. The smallest absolute Gasteiger partial charge is 0.124 e. The zero-order valence-corrected chi connectivity index (χ0v) is 12.8. The lowest BCUT2D eigenvalue weighted by molar-refractivity contribution is 0.127. The number of thioether (sulfide) groups is 1. The second kappa shape index (κ2) is 6.68. The molecule has 0 aliphatic carbocycles. The van der Waals surface area contributed by atoms with Crippen LogP contribution in [0, 0.1) is 0 Å². The van der Waals surface area contributed by atoms with Crippen LogP contribution in [0.3, 0.4) is 0 Å². The van der Waals surface area contributed by atoms with Gasteiger partial charge in [0, 0.05) is 24.0 Å². The topological polar surface area (TPSA) is 61.0 Å². The van der Waals surface area contributed by atoms with Gasteiger partial charge >= 0.3 is 0 Å². The molecule has 0 saturated carbocycles. The highest BCUT2D eigenvalue weighted by molar-refractivity contribution is 8.00. The third-order valence-electron chi connectivity index (χ3n) is 3.69. The van der Waals surface area contributed by atoms with E-state index in [2.05, 4.69) is 31.0 Å². The van der Waals surface area contributed by atoms with Gasteiger partial charge < -0.3 is 10.5 Å². The molecular formula is C14H23N3OS. The van der Waals surface area contributed by atoms with Crippen molar-refractivity contribution >= 4 is 11.8 Å². The number of nitrogens with two attached hydrogens (primary N) is 1. The molecule has 0 spiro atoms. The SMILES string of the molecule is CCc1nnc(SC2CCOC2C)c(CN)c1CC. The Balaban J connectivity index is 2.29. The van der Waals surface area contributed by atoms with Crippen molar-refractivity contribution in [2.24, 2.45) is 5.73 Å². The van der Waals surface area contributed by atoms with E-state index in [9.17, 15) is 0 Å². The second-order valence-corrected chi connectivity index (χ2v) is 6.07. The average molecular weight is 281 g/mol. The van der Waals surface area contributed by atoms with E-state index in [1.54, 1.807) is 11.8 Å². The maximum Gasteiger partial charge on any atom is 0.124 e. The van der Waals surface area contributed by atoms with E-state index in [1.807, 2.05) is 0 Å². The zero-order chi connectivity index (χ0) is 13.8. The van der Waals surface area contributed by atoms with Crippen LogP contribution in [0.2, 0.25) is 0 Å². The Morgan fingerprint density at radius 1 is 1.26 bits per heavy atom. The first-order valence-corrected chi connectivity index (χ1v) is 7.94. The largest absolute Gasteiger partial charge is 0.377 e. The fourth-order valence-electron chi connectivity index (χ4n) is 2.55. The van der Waals surface area contributed by atoms with Gasteiger partial charge in [0.05, 0.1) is 11.8 Å². The minimum Gasteiger partial charge on any atom is -0.377 e. The van der Waals surface area contributed by atoms with Crippen LogP contribution in [0.1, 0.15) is 44.0 Å². The lowest BCUT2D eigenvalue weighted by Crippen LogP contribution is -2.16. The standard InChI is InChI=1S/C14H23N3OS/c1-4-10-11(8-15)14(17-16-12(10)5-2)19-13-6-7-18-9(13)3/h9,13H,4-8,15H2,1-3H3. The highest BCUT2D eigenvalue weighted by Gasteiger charge is 2.27. The maximum atomic E-state index is 5.95. The molecule has 1 aliphatic heterocycles. The number of ether oxygens (including phenoxy) is 1. The summed E-state index contributed by atoms with van der Waals surface area (Å²) in [5.41, 5.74) is 9.50. The lowest BCUT2D eigenvalue weighted by Gasteiger charge is -2.17. The molecule has 2 unspecified atom stereocenters. The molecule has 1 aromatic heterocycles. The molecule has 2 rings (SSSR count). The van der Waals surface area contributed by atoms with Gasteiger partial charge in [-0.1, -0.05) is 25.6 Å². The van der Waals surface area contributed by atoms with Gasteiger partial charge in [0.25, 0.3) is 0 Å². The molecule has 2 heterocycles. The van der Waals surface area contributed by atoms with Crippen LogP contribution < -0.4 is 5.73 Å². The molecule has 0 radical (unpaired) electrons. The first-order valence-electron chi connectivity index (χ1n) is 7.06. The molecule has 19 heavy (non-hydrogen) atoms. The normalized spacial score (nSPS) is 22.9. The first-order chi connectivity index (χ1) is 9.21. The number of aryl methyl sites for hydroxylation is 1. The molecule has 1 aliphatic rings. The fourth-order valence-corrected chi connectivity index (χ4v) is 3.75. The summed E-state index contributed by atoms with van der Waals surface area (Å²) in [6, 6.07) is 0. The molecule has 106 valence electrons. The summed E-state index contributed by atoms with van der Waals surface area (Å²) in [5, 5.41) is 10.2. The van der Waals surface area contributed by atoms with Crippen LogP contribution in [0.5, 0.6) is 0 Å². The van der Waals surface area contributed by atoms with Crippen LogP contribution in [-0.2, 0) is 24.1 Å². The van der Waals surface area contributed by atoms with Crippen LogP contribution >= 0.6 is 11.8 Å². The Labute approximate surface area is 119 Å². The predicted octanol–water partition coefficient (Wildman–Crippen LogP) is 2.33. The average Bonchev–Trinajstić information content (AvgIpc) is 2.83. The summed E-state index contributed by atoms with van der Waals surface area (Å²) in [6.07, 6.45) is 3.24. The number of rotatable bonds is 5. The van der Waals surface area contributed by atoms with Crippen molar-refractivity contribution in [3.8, 4) is 0 Å². The molecule has 5 heteroatoms. The van der Waals surface area contributed by atoms with Crippen molar-refractivity contribution in [1.29, 1.82) is 0 Å². The van der Waals surface area contributed by atoms with Crippen molar-refractivity contribution in [3.05, 3.63) is 16.8 Å². The minimum absolute atomic E-state index is 0.286. The molecule has 2 N–H and O–H groups in total. The fraction of sp³-hybridized carbons (Fsp3) is 0.714. The minimum atomic E-state index is 0.286. The van der Waals surface area contributed by atoms with Gasteiger partial charge in [0.15, 0.2) is 0 Å². The van der Waals surface area contributed by atoms with Crippen LogP contribution in [0.15, 0.2) is 5.03 Å². The van der Waals surface area contributed by atoms with E-state index >= 15 is 0 Å². The molecule has 0 amide bonds. The van der Waals surface area contributed by atoms with E-state index in [0.29, 0.717) is 11.8 Å². The summed E-state index contributed by atoms with van der Waals surface area (Å²) in [7, 11) is 0. The van der Waals surface area contributed by atoms with Crippen LogP contribution in [-0.4, -0.2) is 28.2 Å². The number of hydrogen-bond donors (Lipinski definition) is 1. The molecule has 0 bridgehead atoms. The van der Waals surface area contributed by atoms with E-state index in [4.69, 9.17) is 10.5 Å². The van der Waals surface area contributed by atoms with E-state index in [1.165, 1.54) is 11.1 Å². The van der Waals surface area contributed by atoms with Crippen molar-refractivity contribution in [2.45, 2.75) is 63.0 Å². The van der Waals surface area contributed by atoms with Gasteiger partial charge in [-0.25, -0.2) is 0 Å².